The van der Waals surface area contributed by atoms with Crippen LogP contribution >= 0.6 is 0 Å². The largest absolute Gasteiger partial charge is 0.363 e. The average Bonchev–Trinajstić information content (AvgIpc) is 3.09. The number of nitrogens with one attached hydrogen (secondary N) is 2. The van der Waals surface area contributed by atoms with Crippen molar-refractivity contribution in [3.63, 3.8) is 0 Å². The summed E-state index contributed by atoms with van der Waals surface area (Å²) in [6.45, 7) is 2.07. The molecule has 0 spiro atoms. The topological polar surface area (TPSA) is 66.9 Å². The number of hydrogen-bond donors (Lipinski definition) is 2. The van der Waals surface area contributed by atoms with Crippen molar-refractivity contribution in [3.8, 4) is 0 Å². The van der Waals surface area contributed by atoms with Gasteiger partial charge in [0.15, 0.2) is 0 Å². The van der Waals surface area contributed by atoms with Crippen LogP contribution in [0.5, 0.6) is 0 Å². The molecule has 0 radical (unpaired) electrons. The molecule has 1 aliphatic rings. The molecule has 120 valence electrons. The average molecular weight is 310 g/mol. The molecule has 1 aliphatic carbocycles. The van der Waals surface area contributed by atoms with Crippen LogP contribution in [0.3, 0.4) is 0 Å². The molecule has 1 heterocycles. The molecular formula is C18H22N4O. The van der Waals surface area contributed by atoms with E-state index in [-0.39, 0.29) is 18.0 Å². The highest BCUT2D eigenvalue weighted by Gasteiger charge is 2.19. The molecule has 0 saturated heterocycles. The molecule has 1 unspecified atom stereocenters. The van der Waals surface area contributed by atoms with Gasteiger partial charge in [-0.3, -0.25) is 4.79 Å². The van der Waals surface area contributed by atoms with E-state index in [0.717, 1.165) is 12.8 Å². The van der Waals surface area contributed by atoms with Gasteiger partial charge in [0.25, 0.3) is 5.91 Å². The zero-order chi connectivity index (χ0) is 16.1. The molecule has 1 aromatic carbocycles. The van der Waals surface area contributed by atoms with Crippen molar-refractivity contribution >= 4 is 11.7 Å². The maximum Gasteiger partial charge on any atom is 0.270 e. The Hall–Kier alpha value is -2.43. The van der Waals surface area contributed by atoms with Gasteiger partial charge in [-0.1, -0.05) is 43.2 Å². The van der Waals surface area contributed by atoms with Gasteiger partial charge in [0.05, 0.1) is 0 Å². The van der Waals surface area contributed by atoms with Crippen molar-refractivity contribution in [1.29, 1.82) is 0 Å². The van der Waals surface area contributed by atoms with Crippen molar-refractivity contribution < 1.29 is 4.79 Å². The van der Waals surface area contributed by atoms with Gasteiger partial charge in [-0.05, 0) is 25.3 Å². The summed E-state index contributed by atoms with van der Waals surface area (Å²) in [4.78, 5) is 20.6. The number of nitrogens with zero attached hydrogens (tertiary/aromatic N) is 2. The van der Waals surface area contributed by atoms with E-state index >= 15 is 0 Å². The lowest BCUT2D eigenvalue weighted by atomic mass is 10.1. The van der Waals surface area contributed by atoms with Crippen molar-refractivity contribution in [2.45, 2.75) is 44.7 Å². The van der Waals surface area contributed by atoms with Gasteiger partial charge in [0, 0.05) is 18.2 Å². The third-order valence-electron chi connectivity index (χ3n) is 4.25. The molecule has 23 heavy (non-hydrogen) atoms. The van der Waals surface area contributed by atoms with E-state index in [2.05, 4.69) is 39.7 Å². The van der Waals surface area contributed by atoms with Crippen LogP contribution in [0.2, 0.25) is 0 Å². The predicted molar refractivity (Wildman–Crippen MR) is 90.2 cm³/mol. The fraction of sp³-hybridized carbons (Fsp3) is 0.389. The van der Waals surface area contributed by atoms with E-state index in [0.29, 0.717) is 11.5 Å². The summed E-state index contributed by atoms with van der Waals surface area (Å²) < 4.78 is 0. The second kappa shape index (κ2) is 7.22. The van der Waals surface area contributed by atoms with Crippen molar-refractivity contribution in [2.75, 3.05) is 5.32 Å². The molecule has 0 bridgehead atoms. The Morgan fingerprint density at radius 3 is 2.65 bits per heavy atom. The number of carbonyl (C=O) groups excluding carboxylic acids is 1. The number of rotatable bonds is 5. The van der Waals surface area contributed by atoms with Gasteiger partial charge in [0.1, 0.15) is 17.8 Å². The van der Waals surface area contributed by atoms with Crippen LogP contribution in [0, 0.1) is 0 Å². The molecule has 1 fully saturated rings. The highest BCUT2D eigenvalue weighted by molar-refractivity contribution is 5.93. The second-order valence-corrected chi connectivity index (χ2v) is 6.02. The maximum atomic E-state index is 12.3. The smallest absolute Gasteiger partial charge is 0.270 e. The van der Waals surface area contributed by atoms with Crippen LogP contribution in [0.25, 0.3) is 0 Å². The standard InChI is InChI=1S/C18H22N4O/c1-13(14-7-3-2-4-8-14)21-17-11-16(19-12-20-17)18(23)22-15-9-5-6-10-15/h2-4,7-8,11-13,15H,5-6,9-10H2,1H3,(H,22,23)(H,19,20,21). The summed E-state index contributed by atoms with van der Waals surface area (Å²) in [6.07, 6.45) is 5.94. The lowest BCUT2D eigenvalue weighted by molar-refractivity contribution is 0.0932. The van der Waals surface area contributed by atoms with E-state index in [1.165, 1.54) is 24.7 Å². The van der Waals surface area contributed by atoms with Crippen molar-refractivity contribution in [1.82, 2.24) is 15.3 Å². The normalized spacial score (nSPS) is 16.0. The number of aromatic nitrogens is 2. The summed E-state index contributed by atoms with van der Waals surface area (Å²) >= 11 is 0. The van der Waals surface area contributed by atoms with Crippen LogP contribution in [-0.2, 0) is 0 Å². The number of hydrogen-bond acceptors (Lipinski definition) is 4. The Morgan fingerprint density at radius 1 is 1.17 bits per heavy atom. The molecule has 1 aromatic heterocycles. The molecule has 2 N–H and O–H groups in total. The molecular weight excluding hydrogens is 288 g/mol. The third-order valence-corrected chi connectivity index (χ3v) is 4.25. The minimum Gasteiger partial charge on any atom is -0.363 e. The first-order valence-electron chi connectivity index (χ1n) is 8.17. The number of amides is 1. The summed E-state index contributed by atoms with van der Waals surface area (Å²) in [5.74, 6) is 0.544. The molecule has 5 nitrogen and oxygen atoms in total. The minimum atomic E-state index is -0.116. The second-order valence-electron chi connectivity index (χ2n) is 6.02. The number of benzene rings is 1. The summed E-state index contributed by atoms with van der Waals surface area (Å²) in [7, 11) is 0. The van der Waals surface area contributed by atoms with Gasteiger partial charge in [0.2, 0.25) is 0 Å². The van der Waals surface area contributed by atoms with E-state index in [1.54, 1.807) is 6.07 Å². The predicted octanol–water partition coefficient (Wildman–Crippen LogP) is 3.32. The van der Waals surface area contributed by atoms with Crippen molar-refractivity contribution in [2.24, 2.45) is 0 Å². The Bertz CT molecular complexity index is 653. The van der Waals surface area contributed by atoms with Crippen LogP contribution in [0.15, 0.2) is 42.7 Å². The molecule has 1 atom stereocenters. The lowest BCUT2D eigenvalue weighted by Crippen LogP contribution is -2.33. The fourth-order valence-electron chi connectivity index (χ4n) is 2.94. The number of anilines is 1. The Balaban J connectivity index is 1.66. The summed E-state index contributed by atoms with van der Waals surface area (Å²) in [5, 5.41) is 6.37. The highest BCUT2D eigenvalue weighted by atomic mass is 16.1. The molecule has 1 saturated carbocycles. The third kappa shape index (κ3) is 4.06. The first-order valence-corrected chi connectivity index (χ1v) is 8.17. The van der Waals surface area contributed by atoms with Gasteiger partial charge < -0.3 is 10.6 Å². The lowest BCUT2D eigenvalue weighted by Gasteiger charge is -2.15. The SMILES string of the molecule is CC(Nc1cc(C(=O)NC2CCCC2)ncn1)c1ccccc1. The molecule has 5 heteroatoms. The van der Waals surface area contributed by atoms with Crippen LogP contribution in [0.4, 0.5) is 5.82 Å². The Morgan fingerprint density at radius 2 is 1.91 bits per heavy atom. The van der Waals surface area contributed by atoms with E-state index < -0.39 is 0 Å². The fourth-order valence-corrected chi connectivity index (χ4v) is 2.94. The minimum absolute atomic E-state index is 0.108. The van der Waals surface area contributed by atoms with E-state index in [4.69, 9.17) is 0 Å². The maximum absolute atomic E-state index is 12.3. The van der Waals surface area contributed by atoms with Crippen molar-refractivity contribution in [3.05, 3.63) is 54.0 Å². The molecule has 2 aromatic rings. The van der Waals surface area contributed by atoms with Crippen LogP contribution in [-0.4, -0.2) is 21.9 Å². The summed E-state index contributed by atoms with van der Waals surface area (Å²) in [6, 6.07) is 12.2. The molecule has 1 amide bonds. The van der Waals surface area contributed by atoms with E-state index in [9.17, 15) is 4.79 Å². The van der Waals surface area contributed by atoms with E-state index in [1.807, 2.05) is 18.2 Å². The molecule has 0 aliphatic heterocycles. The van der Waals surface area contributed by atoms with Crippen LogP contribution < -0.4 is 10.6 Å². The summed E-state index contributed by atoms with van der Waals surface area (Å²) in [5.41, 5.74) is 1.58. The quantitative estimate of drug-likeness (QED) is 0.889. The van der Waals surface area contributed by atoms with Gasteiger partial charge in [-0.25, -0.2) is 9.97 Å². The zero-order valence-corrected chi connectivity index (χ0v) is 13.3. The first kappa shape index (κ1) is 15.5. The number of carbonyl (C=O) groups is 1. The zero-order valence-electron chi connectivity index (χ0n) is 13.3. The Kier molecular flexibility index (Phi) is 4.86. The monoisotopic (exact) mass is 310 g/mol. The highest BCUT2D eigenvalue weighted by Crippen LogP contribution is 2.19. The van der Waals surface area contributed by atoms with Gasteiger partial charge >= 0.3 is 0 Å². The Labute approximate surface area is 136 Å². The molecule has 3 rings (SSSR count). The van der Waals surface area contributed by atoms with Gasteiger partial charge in [-0.15, -0.1) is 0 Å². The van der Waals surface area contributed by atoms with Gasteiger partial charge in [-0.2, -0.15) is 0 Å². The van der Waals surface area contributed by atoms with Crippen LogP contribution in [0.1, 0.15) is 54.7 Å². The first-order chi connectivity index (χ1) is 11.2.